The fourth-order valence-electron chi connectivity index (χ4n) is 3.95. The summed E-state index contributed by atoms with van der Waals surface area (Å²) in [6.07, 6.45) is 6.14. The summed E-state index contributed by atoms with van der Waals surface area (Å²) in [5.74, 6) is 1.92. The molecule has 0 spiro atoms. The summed E-state index contributed by atoms with van der Waals surface area (Å²) in [5.41, 5.74) is 1.80. The van der Waals surface area contributed by atoms with Gasteiger partial charge in [-0.1, -0.05) is 67.1 Å². The summed E-state index contributed by atoms with van der Waals surface area (Å²) >= 11 is 1.52. The minimum atomic E-state index is 0.0578. The lowest BCUT2D eigenvalue weighted by molar-refractivity contribution is 0.457. The zero-order chi connectivity index (χ0) is 19.6. The van der Waals surface area contributed by atoms with Crippen LogP contribution in [0, 0.1) is 0 Å². The Bertz CT molecular complexity index is 1190. The van der Waals surface area contributed by atoms with Crippen molar-refractivity contribution in [3.05, 3.63) is 77.0 Å². The topological polar surface area (TPSA) is 60.9 Å². The highest BCUT2D eigenvalue weighted by atomic mass is 32.2. The van der Waals surface area contributed by atoms with Gasteiger partial charge in [-0.25, -0.2) is 9.97 Å². The van der Waals surface area contributed by atoms with Gasteiger partial charge in [-0.05, 0) is 25.0 Å². The molecule has 1 aliphatic carbocycles. The van der Waals surface area contributed by atoms with Gasteiger partial charge in [0.15, 0.2) is 10.9 Å². The quantitative estimate of drug-likeness (QED) is 0.327. The lowest BCUT2D eigenvalue weighted by Gasteiger charge is -2.18. The molecule has 0 N–H and O–H groups in total. The van der Waals surface area contributed by atoms with Gasteiger partial charge in [-0.3, -0.25) is 9.36 Å². The van der Waals surface area contributed by atoms with Crippen molar-refractivity contribution in [2.75, 3.05) is 0 Å². The number of hydrogen-bond acceptors (Lipinski definition) is 5. The molecule has 0 amide bonds. The van der Waals surface area contributed by atoms with E-state index in [1.54, 1.807) is 6.20 Å². The Kier molecular flexibility index (Phi) is 4.94. The molecule has 0 radical (unpaired) electrons. The maximum atomic E-state index is 13.2. The zero-order valence-corrected chi connectivity index (χ0v) is 16.8. The van der Waals surface area contributed by atoms with Crippen molar-refractivity contribution in [1.29, 1.82) is 0 Å². The molecule has 29 heavy (non-hydrogen) atoms. The number of rotatable bonds is 5. The molecule has 0 bridgehead atoms. The molecule has 2 aromatic heterocycles. The highest BCUT2D eigenvalue weighted by Gasteiger charge is 2.23. The predicted molar refractivity (Wildman–Crippen MR) is 115 cm³/mol. The van der Waals surface area contributed by atoms with Crippen LogP contribution in [-0.2, 0) is 5.75 Å². The number of nitrogens with zero attached hydrogens (tertiary/aromatic N) is 3. The van der Waals surface area contributed by atoms with Crippen LogP contribution in [0.5, 0.6) is 0 Å². The van der Waals surface area contributed by atoms with Crippen LogP contribution in [0.25, 0.3) is 22.2 Å². The summed E-state index contributed by atoms with van der Waals surface area (Å²) in [6.45, 7) is 0. The van der Waals surface area contributed by atoms with Crippen molar-refractivity contribution in [2.24, 2.45) is 0 Å². The summed E-state index contributed by atoms with van der Waals surface area (Å²) in [5, 5.41) is 1.44. The van der Waals surface area contributed by atoms with E-state index in [-0.39, 0.29) is 11.6 Å². The molecule has 5 rings (SSSR count). The summed E-state index contributed by atoms with van der Waals surface area (Å²) < 4.78 is 7.83. The molecule has 4 aromatic rings. The van der Waals surface area contributed by atoms with E-state index in [2.05, 4.69) is 4.98 Å². The van der Waals surface area contributed by atoms with E-state index in [1.807, 2.05) is 59.2 Å². The summed E-state index contributed by atoms with van der Waals surface area (Å²) in [6, 6.07) is 17.7. The molecular formula is C23H21N3O2S. The molecule has 2 aromatic carbocycles. The van der Waals surface area contributed by atoms with E-state index in [4.69, 9.17) is 9.40 Å². The second-order valence-corrected chi connectivity index (χ2v) is 8.24. The van der Waals surface area contributed by atoms with Crippen LogP contribution in [0.2, 0.25) is 0 Å². The first-order valence-corrected chi connectivity index (χ1v) is 10.9. The molecule has 0 saturated heterocycles. The van der Waals surface area contributed by atoms with E-state index >= 15 is 0 Å². The van der Waals surface area contributed by atoms with Crippen molar-refractivity contribution >= 4 is 22.7 Å². The average molecular weight is 404 g/mol. The third-order valence-corrected chi connectivity index (χ3v) is 6.34. The van der Waals surface area contributed by atoms with Crippen LogP contribution in [0.4, 0.5) is 0 Å². The minimum absolute atomic E-state index is 0.0578. The third kappa shape index (κ3) is 3.60. The lowest BCUT2D eigenvalue weighted by atomic mass is 10.2. The van der Waals surface area contributed by atoms with Crippen LogP contribution in [0.15, 0.2) is 75.2 Å². The fourth-order valence-corrected chi connectivity index (χ4v) is 4.87. The molecule has 2 heterocycles. The van der Waals surface area contributed by atoms with Gasteiger partial charge in [0.25, 0.3) is 5.56 Å². The van der Waals surface area contributed by atoms with Gasteiger partial charge in [0.2, 0.25) is 5.89 Å². The van der Waals surface area contributed by atoms with E-state index in [0.717, 1.165) is 47.7 Å². The first-order chi connectivity index (χ1) is 14.3. The molecule has 6 heteroatoms. The third-order valence-electron chi connectivity index (χ3n) is 5.40. The van der Waals surface area contributed by atoms with E-state index in [0.29, 0.717) is 17.0 Å². The molecule has 1 fully saturated rings. The number of fused-ring (bicyclic) bond motifs is 1. The van der Waals surface area contributed by atoms with E-state index in [9.17, 15) is 4.79 Å². The predicted octanol–water partition coefficient (Wildman–Crippen LogP) is 5.46. The Morgan fingerprint density at radius 1 is 1.03 bits per heavy atom. The number of oxazole rings is 1. The van der Waals surface area contributed by atoms with Crippen LogP contribution >= 0.6 is 11.8 Å². The average Bonchev–Trinajstić information content (AvgIpc) is 3.45. The molecule has 1 saturated carbocycles. The van der Waals surface area contributed by atoms with Crippen molar-refractivity contribution in [1.82, 2.24) is 14.5 Å². The minimum Gasteiger partial charge on any atom is -0.440 e. The first kappa shape index (κ1) is 18.2. The summed E-state index contributed by atoms with van der Waals surface area (Å²) in [7, 11) is 0. The van der Waals surface area contributed by atoms with Gasteiger partial charge in [0.05, 0.1) is 22.9 Å². The Labute approximate surface area is 172 Å². The Morgan fingerprint density at radius 2 is 1.79 bits per heavy atom. The fraction of sp³-hybridized carbons (Fsp3) is 0.261. The number of hydrogen-bond donors (Lipinski definition) is 0. The van der Waals surface area contributed by atoms with Crippen LogP contribution in [0.3, 0.4) is 0 Å². The lowest BCUT2D eigenvalue weighted by Crippen LogP contribution is -2.26. The van der Waals surface area contributed by atoms with Crippen molar-refractivity contribution in [3.8, 4) is 11.3 Å². The second kappa shape index (κ2) is 7.87. The van der Waals surface area contributed by atoms with Crippen LogP contribution in [-0.4, -0.2) is 14.5 Å². The number of aromatic nitrogens is 3. The number of thioether (sulfide) groups is 1. The second-order valence-electron chi connectivity index (χ2n) is 7.30. The Balaban J connectivity index is 1.46. The number of benzene rings is 2. The van der Waals surface area contributed by atoms with Crippen LogP contribution < -0.4 is 5.56 Å². The first-order valence-electron chi connectivity index (χ1n) is 9.94. The van der Waals surface area contributed by atoms with Crippen molar-refractivity contribution in [2.45, 2.75) is 42.6 Å². The smallest absolute Gasteiger partial charge is 0.262 e. The molecular weight excluding hydrogens is 382 g/mol. The van der Waals surface area contributed by atoms with Gasteiger partial charge in [0.1, 0.15) is 0 Å². The van der Waals surface area contributed by atoms with Crippen molar-refractivity contribution in [3.63, 3.8) is 0 Å². The maximum Gasteiger partial charge on any atom is 0.262 e. The van der Waals surface area contributed by atoms with Gasteiger partial charge < -0.3 is 4.42 Å². The molecule has 0 unspecified atom stereocenters. The van der Waals surface area contributed by atoms with Crippen LogP contribution in [0.1, 0.15) is 37.6 Å². The van der Waals surface area contributed by atoms with E-state index in [1.165, 1.54) is 11.8 Å². The Hall–Kier alpha value is -2.86. The molecule has 146 valence electrons. The maximum absolute atomic E-state index is 13.2. The van der Waals surface area contributed by atoms with Gasteiger partial charge >= 0.3 is 0 Å². The highest BCUT2D eigenvalue weighted by molar-refractivity contribution is 7.98. The van der Waals surface area contributed by atoms with Crippen molar-refractivity contribution < 1.29 is 4.42 Å². The standard InChI is InChI=1S/C23H21N3O2S/c27-22-18-12-6-7-13-19(18)25-23(26(22)17-10-4-5-11-17)29-15-21-24-14-20(28-21)16-8-2-1-3-9-16/h1-3,6-9,12-14,17H,4-5,10-11,15H2. The van der Waals surface area contributed by atoms with E-state index < -0.39 is 0 Å². The molecule has 1 aliphatic rings. The van der Waals surface area contributed by atoms with Gasteiger partial charge in [-0.15, -0.1) is 0 Å². The monoisotopic (exact) mass is 403 g/mol. The largest absolute Gasteiger partial charge is 0.440 e. The SMILES string of the molecule is O=c1c2ccccc2nc(SCc2ncc(-c3ccccc3)o2)n1C1CCCC1. The number of para-hydroxylation sites is 1. The molecule has 0 atom stereocenters. The van der Waals surface area contributed by atoms with Gasteiger partial charge in [-0.2, -0.15) is 0 Å². The molecule has 5 nitrogen and oxygen atoms in total. The normalized spacial score (nSPS) is 14.6. The Morgan fingerprint density at radius 3 is 2.62 bits per heavy atom. The summed E-state index contributed by atoms with van der Waals surface area (Å²) in [4.78, 5) is 22.4. The highest BCUT2D eigenvalue weighted by Crippen LogP contribution is 2.33. The molecule has 0 aliphatic heterocycles. The zero-order valence-electron chi connectivity index (χ0n) is 16.0. The van der Waals surface area contributed by atoms with Gasteiger partial charge in [0, 0.05) is 11.6 Å².